The molecule has 0 spiro atoms. The molecule has 0 saturated carbocycles. The van der Waals surface area contributed by atoms with Crippen LogP contribution in [0, 0.1) is 0 Å². The van der Waals surface area contributed by atoms with Gasteiger partial charge in [-0.15, -0.1) is 0 Å². The number of hydrogen-bond acceptors (Lipinski definition) is 5. The third-order valence-corrected chi connectivity index (χ3v) is 3.76. The van der Waals surface area contributed by atoms with Gasteiger partial charge in [-0.25, -0.2) is 0 Å². The Morgan fingerprint density at radius 3 is 2.76 bits per heavy atom. The average molecular weight is 288 g/mol. The number of nitrogens with two attached hydrogens (primary N) is 1. The van der Waals surface area contributed by atoms with Crippen LogP contribution >= 0.6 is 0 Å². The molecule has 112 valence electrons. The van der Waals surface area contributed by atoms with Crippen LogP contribution in [0.15, 0.2) is 24.5 Å². The monoisotopic (exact) mass is 288 g/mol. The van der Waals surface area contributed by atoms with Crippen molar-refractivity contribution in [3.05, 3.63) is 24.5 Å². The molecule has 2 heterocycles. The molecular formula is C15H21N5O. The standard InChI is InChI=1S/C15H21N5O/c1-19-10-11(9-18-19)12-7-13(16)15(21-2)8-14(12)20-5-3-17-4-6-20/h7-10,17H,3-6,16H2,1-2H3/i/hD. The van der Waals surface area contributed by atoms with E-state index in [4.69, 9.17) is 11.9 Å². The van der Waals surface area contributed by atoms with Gasteiger partial charge in [0.2, 0.25) is 0 Å². The molecule has 1 aliphatic heterocycles. The number of ether oxygens (including phenoxy) is 1. The summed E-state index contributed by atoms with van der Waals surface area (Å²) in [5, 5.41) is 5.84. The van der Waals surface area contributed by atoms with Gasteiger partial charge in [0.15, 0.2) is 0 Å². The summed E-state index contributed by atoms with van der Waals surface area (Å²) in [7, 11) is 3.52. The van der Waals surface area contributed by atoms with E-state index >= 15 is 0 Å². The zero-order valence-electron chi connectivity index (χ0n) is 13.4. The number of methoxy groups -OCH3 is 1. The second kappa shape index (κ2) is 5.65. The summed E-state index contributed by atoms with van der Waals surface area (Å²) >= 11 is 0. The van der Waals surface area contributed by atoms with Gasteiger partial charge in [0.25, 0.3) is 0 Å². The van der Waals surface area contributed by atoms with Gasteiger partial charge in [-0.1, -0.05) is 0 Å². The minimum absolute atomic E-state index is 0.615. The van der Waals surface area contributed by atoms with Crippen LogP contribution in [0.25, 0.3) is 11.1 Å². The Morgan fingerprint density at radius 1 is 1.38 bits per heavy atom. The smallest absolute Gasteiger partial charge is 0.143 e. The number of nitrogens with one attached hydrogen (secondary N) is 1. The number of nitrogens with zero attached hydrogens (tertiary/aromatic N) is 3. The molecule has 1 fully saturated rings. The van der Waals surface area contributed by atoms with Crippen LogP contribution in [0.1, 0.15) is 0 Å². The van der Waals surface area contributed by atoms with Crippen LogP contribution in [-0.4, -0.2) is 43.1 Å². The molecule has 0 unspecified atom stereocenters. The van der Waals surface area contributed by atoms with Gasteiger partial charge in [0, 0.05) is 62.3 Å². The molecule has 0 radical (unpaired) electrons. The molecule has 0 aliphatic carbocycles. The van der Waals surface area contributed by atoms with E-state index < -0.39 is 0 Å². The molecule has 1 aromatic heterocycles. The lowest BCUT2D eigenvalue weighted by Gasteiger charge is -2.31. The number of nitrogen functional groups attached to an aromatic ring is 1. The molecule has 6 nitrogen and oxygen atoms in total. The highest BCUT2D eigenvalue weighted by Crippen LogP contribution is 2.38. The van der Waals surface area contributed by atoms with Gasteiger partial charge < -0.3 is 20.7 Å². The molecule has 6 heteroatoms. The van der Waals surface area contributed by atoms with Crippen molar-refractivity contribution in [3.63, 3.8) is 0 Å². The number of aromatic nitrogens is 2. The lowest BCUT2D eigenvalue weighted by Crippen LogP contribution is -2.43. The van der Waals surface area contributed by atoms with E-state index in [9.17, 15) is 0 Å². The van der Waals surface area contributed by atoms with Gasteiger partial charge in [0.05, 0.1) is 19.0 Å². The molecule has 0 bridgehead atoms. The van der Waals surface area contributed by atoms with E-state index in [0.717, 1.165) is 43.0 Å². The van der Waals surface area contributed by atoms with E-state index in [0.29, 0.717) is 11.4 Å². The number of piperazine rings is 1. The van der Waals surface area contributed by atoms with Crippen molar-refractivity contribution in [1.82, 2.24) is 15.1 Å². The second-order valence-corrected chi connectivity index (χ2v) is 5.17. The van der Waals surface area contributed by atoms with Crippen LogP contribution < -0.4 is 20.7 Å². The summed E-state index contributed by atoms with van der Waals surface area (Å²) in [5.41, 5.74) is 9.85. The Balaban J connectivity index is 2.05. The Labute approximate surface area is 126 Å². The molecule has 2 aromatic rings. The average Bonchev–Trinajstić information content (AvgIpc) is 2.94. The minimum atomic E-state index is 0.615. The predicted octanol–water partition coefficient (Wildman–Crippen LogP) is 1.09. The van der Waals surface area contributed by atoms with Gasteiger partial charge in [-0.05, 0) is 6.07 Å². The summed E-state index contributed by atoms with van der Waals surface area (Å²) in [6.07, 6.45) is 3.82. The molecule has 0 amide bonds. The highest BCUT2D eigenvalue weighted by Gasteiger charge is 2.18. The summed E-state index contributed by atoms with van der Waals surface area (Å²) in [6, 6.07) is 3.93. The lowest BCUT2D eigenvalue weighted by molar-refractivity contribution is 0.417. The first-order chi connectivity index (χ1) is 10.6. The van der Waals surface area contributed by atoms with E-state index in [2.05, 4.69) is 10.00 Å². The van der Waals surface area contributed by atoms with E-state index in [1.165, 1.54) is 0 Å². The molecule has 21 heavy (non-hydrogen) atoms. The highest BCUT2D eigenvalue weighted by atomic mass is 16.5. The van der Waals surface area contributed by atoms with Gasteiger partial charge in [-0.2, -0.15) is 5.10 Å². The van der Waals surface area contributed by atoms with Crippen molar-refractivity contribution in [2.45, 2.75) is 0 Å². The lowest BCUT2D eigenvalue weighted by atomic mass is 10.0. The zero-order valence-corrected chi connectivity index (χ0v) is 12.4. The van der Waals surface area contributed by atoms with E-state index in [-0.39, 0.29) is 0 Å². The Hall–Kier alpha value is -2.21. The number of rotatable bonds is 3. The summed E-state index contributed by atoms with van der Waals surface area (Å²) in [6.45, 7) is 3.06. The first-order valence-corrected chi connectivity index (χ1v) is 7.04. The Morgan fingerprint density at radius 2 is 2.14 bits per heavy atom. The molecule has 0 atom stereocenters. The summed E-state index contributed by atoms with van der Waals surface area (Å²) in [5.74, 6) is 0.677. The second-order valence-electron chi connectivity index (χ2n) is 5.17. The van der Waals surface area contributed by atoms with Crippen LogP contribution in [0.2, 0.25) is 1.41 Å². The van der Waals surface area contributed by atoms with Crippen molar-refractivity contribution in [2.75, 3.05) is 43.9 Å². The minimum Gasteiger partial charge on any atom is -0.495 e. The molecule has 1 aliphatic rings. The van der Waals surface area contributed by atoms with E-state index in [1.54, 1.807) is 17.1 Å². The van der Waals surface area contributed by atoms with Gasteiger partial charge in [-0.3, -0.25) is 4.68 Å². The third-order valence-electron chi connectivity index (χ3n) is 3.76. The topological polar surface area (TPSA) is 68.3 Å². The van der Waals surface area contributed by atoms with Crippen LogP contribution in [0.4, 0.5) is 11.4 Å². The van der Waals surface area contributed by atoms with Crippen molar-refractivity contribution in [2.24, 2.45) is 7.05 Å². The largest absolute Gasteiger partial charge is 0.495 e. The molecular weight excluding hydrogens is 266 g/mol. The molecule has 1 aromatic carbocycles. The van der Waals surface area contributed by atoms with E-state index in [1.807, 2.05) is 31.6 Å². The first-order valence-electron chi connectivity index (χ1n) is 7.48. The Bertz CT molecular complexity index is 664. The van der Waals surface area contributed by atoms with Crippen molar-refractivity contribution in [3.8, 4) is 16.9 Å². The van der Waals surface area contributed by atoms with Crippen LogP contribution in [0.3, 0.4) is 0 Å². The highest BCUT2D eigenvalue weighted by molar-refractivity contribution is 5.83. The van der Waals surface area contributed by atoms with Crippen LogP contribution in [-0.2, 0) is 7.05 Å². The molecule has 3 N–H and O–H groups in total. The zero-order chi connectivity index (χ0) is 15.7. The SMILES string of the molecule is [2H]N1CCN(c2cc(OC)c(N)cc2-c2cnn(C)c2)CC1. The number of anilines is 2. The van der Waals surface area contributed by atoms with Crippen molar-refractivity contribution >= 4 is 11.4 Å². The molecule has 3 rings (SSSR count). The maximum Gasteiger partial charge on any atom is 0.143 e. The van der Waals surface area contributed by atoms with Gasteiger partial charge in [0.1, 0.15) is 7.16 Å². The maximum atomic E-state index is 7.71. The normalized spacial score (nSPS) is 16.9. The number of benzene rings is 1. The fourth-order valence-corrected chi connectivity index (χ4v) is 2.66. The fourth-order valence-electron chi connectivity index (χ4n) is 2.66. The predicted molar refractivity (Wildman–Crippen MR) is 84.7 cm³/mol. The van der Waals surface area contributed by atoms with Crippen molar-refractivity contribution < 1.29 is 6.15 Å². The number of hydrogen-bond donors (Lipinski definition) is 2. The first kappa shape index (κ1) is 12.5. The van der Waals surface area contributed by atoms with Gasteiger partial charge >= 0.3 is 0 Å². The fraction of sp³-hybridized carbons (Fsp3) is 0.400. The number of aryl methyl sites for hydroxylation is 1. The molecule has 1 saturated heterocycles. The third kappa shape index (κ3) is 2.67. The van der Waals surface area contributed by atoms with Crippen LogP contribution in [0.5, 0.6) is 5.75 Å². The maximum absolute atomic E-state index is 7.71. The Kier molecular flexibility index (Phi) is 3.37. The quantitative estimate of drug-likeness (QED) is 0.828. The van der Waals surface area contributed by atoms with Crippen molar-refractivity contribution in [1.29, 1.82) is 0 Å². The summed E-state index contributed by atoms with van der Waals surface area (Å²) < 4.78 is 14.9. The summed E-state index contributed by atoms with van der Waals surface area (Å²) in [4.78, 5) is 2.27.